The van der Waals surface area contributed by atoms with Gasteiger partial charge in [0.2, 0.25) is 5.91 Å². The highest BCUT2D eigenvalue weighted by Crippen LogP contribution is 2.17. The van der Waals surface area contributed by atoms with Crippen LogP contribution in [0.5, 0.6) is 0 Å². The monoisotopic (exact) mass is 395 g/mol. The molecule has 3 rings (SSSR count). The average Bonchev–Trinajstić information content (AvgIpc) is 2.67. The molecule has 0 unspecified atom stereocenters. The maximum absolute atomic E-state index is 12.0. The highest BCUT2D eigenvalue weighted by molar-refractivity contribution is 9.10. The number of hydrogen-bond donors (Lipinski definition) is 1. The number of aromatic nitrogens is 2. The van der Waals surface area contributed by atoms with Crippen LogP contribution in [0.15, 0.2) is 71.6 Å². The minimum absolute atomic E-state index is 0.0343. The first-order chi connectivity index (χ1) is 12.2. The molecule has 25 heavy (non-hydrogen) atoms. The predicted molar refractivity (Wildman–Crippen MR) is 102 cm³/mol. The van der Waals surface area contributed by atoms with Crippen molar-refractivity contribution in [2.24, 2.45) is 0 Å². The zero-order valence-corrected chi connectivity index (χ0v) is 15.2. The van der Waals surface area contributed by atoms with E-state index in [1.165, 1.54) is 0 Å². The van der Waals surface area contributed by atoms with Crippen molar-refractivity contribution in [1.82, 2.24) is 15.3 Å². The molecule has 1 aromatic carbocycles. The van der Waals surface area contributed by atoms with Crippen molar-refractivity contribution >= 4 is 21.8 Å². The van der Waals surface area contributed by atoms with E-state index in [1.807, 2.05) is 48.5 Å². The van der Waals surface area contributed by atoms with Crippen LogP contribution in [0.3, 0.4) is 0 Å². The minimum atomic E-state index is 0.0343. The van der Waals surface area contributed by atoms with Crippen molar-refractivity contribution in [3.05, 3.63) is 82.7 Å². The molecule has 0 aliphatic rings. The summed E-state index contributed by atoms with van der Waals surface area (Å²) in [5, 5.41) is 2.94. The van der Waals surface area contributed by atoms with E-state index in [0.717, 1.165) is 26.9 Å². The molecule has 0 atom stereocenters. The van der Waals surface area contributed by atoms with E-state index >= 15 is 0 Å². The molecule has 0 fully saturated rings. The zero-order chi connectivity index (χ0) is 17.5. The number of halogens is 1. The van der Waals surface area contributed by atoms with E-state index in [0.29, 0.717) is 19.4 Å². The van der Waals surface area contributed by atoms with Crippen LogP contribution in [0, 0.1) is 0 Å². The largest absolute Gasteiger partial charge is 0.352 e. The van der Waals surface area contributed by atoms with Crippen molar-refractivity contribution in [3.8, 4) is 11.3 Å². The van der Waals surface area contributed by atoms with Crippen molar-refractivity contribution in [1.29, 1.82) is 0 Å². The quantitative estimate of drug-likeness (QED) is 0.681. The second-order valence-electron chi connectivity index (χ2n) is 5.66. The molecule has 0 bridgehead atoms. The van der Waals surface area contributed by atoms with Crippen LogP contribution in [0.2, 0.25) is 0 Å². The Kier molecular flexibility index (Phi) is 5.90. The molecule has 4 nitrogen and oxygen atoms in total. The van der Waals surface area contributed by atoms with E-state index in [9.17, 15) is 4.79 Å². The Balaban J connectivity index is 1.50. The summed E-state index contributed by atoms with van der Waals surface area (Å²) in [5.41, 5.74) is 3.96. The summed E-state index contributed by atoms with van der Waals surface area (Å²) in [7, 11) is 0. The van der Waals surface area contributed by atoms with Gasteiger partial charge < -0.3 is 5.32 Å². The fourth-order valence-corrected chi connectivity index (χ4v) is 2.94. The number of carbonyl (C=O) groups excluding carboxylic acids is 1. The Labute approximate surface area is 155 Å². The van der Waals surface area contributed by atoms with Crippen molar-refractivity contribution in [3.63, 3.8) is 0 Å². The molecule has 5 heteroatoms. The summed E-state index contributed by atoms with van der Waals surface area (Å²) in [6.45, 7) is 0.481. The first-order valence-corrected chi connectivity index (χ1v) is 8.87. The molecule has 2 aromatic heterocycles. The number of nitrogens with one attached hydrogen (secondary N) is 1. The maximum atomic E-state index is 12.0. The van der Waals surface area contributed by atoms with Crippen LogP contribution >= 0.6 is 15.9 Å². The van der Waals surface area contributed by atoms with Gasteiger partial charge >= 0.3 is 0 Å². The number of rotatable bonds is 6. The van der Waals surface area contributed by atoms with Crippen molar-refractivity contribution in [2.75, 3.05) is 0 Å². The Morgan fingerprint density at radius 3 is 2.64 bits per heavy atom. The van der Waals surface area contributed by atoms with Crippen LogP contribution in [-0.2, 0) is 17.8 Å². The van der Waals surface area contributed by atoms with E-state index < -0.39 is 0 Å². The van der Waals surface area contributed by atoms with Gasteiger partial charge in [0, 0.05) is 41.6 Å². The van der Waals surface area contributed by atoms with Crippen molar-refractivity contribution < 1.29 is 4.79 Å². The maximum Gasteiger partial charge on any atom is 0.220 e. The summed E-state index contributed by atoms with van der Waals surface area (Å²) in [6.07, 6.45) is 6.48. The number of nitrogens with zero attached hydrogens (tertiary/aromatic N) is 2. The lowest BCUT2D eigenvalue weighted by atomic mass is 10.1. The van der Waals surface area contributed by atoms with Crippen LogP contribution < -0.4 is 5.32 Å². The fraction of sp³-hybridized carbons (Fsp3) is 0.150. The van der Waals surface area contributed by atoms with Gasteiger partial charge in [-0.25, -0.2) is 0 Å². The van der Waals surface area contributed by atoms with E-state index in [-0.39, 0.29) is 5.91 Å². The van der Waals surface area contributed by atoms with Crippen LogP contribution in [0.4, 0.5) is 0 Å². The van der Waals surface area contributed by atoms with Gasteiger partial charge in [-0.3, -0.25) is 14.8 Å². The third kappa shape index (κ3) is 4.97. The topological polar surface area (TPSA) is 54.9 Å². The Bertz CT molecular complexity index is 835. The van der Waals surface area contributed by atoms with Crippen LogP contribution in [-0.4, -0.2) is 15.9 Å². The summed E-state index contributed by atoms with van der Waals surface area (Å²) in [4.78, 5) is 20.6. The highest BCUT2D eigenvalue weighted by atomic mass is 79.9. The van der Waals surface area contributed by atoms with E-state index in [4.69, 9.17) is 0 Å². The molecule has 0 spiro atoms. The van der Waals surface area contributed by atoms with Gasteiger partial charge in [-0.2, -0.15) is 0 Å². The molecule has 0 aliphatic heterocycles. The normalized spacial score (nSPS) is 10.4. The minimum Gasteiger partial charge on any atom is -0.352 e. The zero-order valence-electron chi connectivity index (χ0n) is 13.7. The average molecular weight is 396 g/mol. The smallest absolute Gasteiger partial charge is 0.220 e. The molecule has 1 N–H and O–H groups in total. The van der Waals surface area contributed by atoms with Gasteiger partial charge in [-0.05, 0) is 41.8 Å². The summed E-state index contributed by atoms with van der Waals surface area (Å²) in [5.74, 6) is 0.0343. The second-order valence-corrected chi connectivity index (χ2v) is 6.52. The first kappa shape index (κ1) is 17.3. The predicted octanol–water partition coefficient (Wildman–Crippen LogP) is 4.16. The number of benzene rings is 1. The lowest BCUT2D eigenvalue weighted by Gasteiger charge is -2.07. The lowest BCUT2D eigenvalue weighted by Crippen LogP contribution is -2.23. The van der Waals surface area contributed by atoms with E-state index in [1.54, 1.807) is 18.6 Å². The molecule has 3 aromatic rings. The second kappa shape index (κ2) is 8.53. The number of carbonyl (C=O) groups is 1. The highest BCUT2D eigenvalue weighted by Gasteiger charge is 2.05. The molecule has 1 amide bonds. The van der Waals surface area contributed by atoms with Crippen molar-refractivity contribution in [2.45, 2.75) is 19.4 Å². The van der Waals surface area contributed by atoms with Crippen LogP contribution in [0.1, 0.15) is 17.5 Å². The number of aryl methyl sites for hydroxylation is 1. The Hall–Kier alpha value is -2.53. The molecule has 0 aliphatic carbocycles. The molecule has 0 radical (unpaired) electrons. The third-order valence-electron chi connectivity index (χ3n) is 3.85. The fourth-order valence-electron chi connectivity index (χ4n) is 2.45. The first-order valence-electron chi connectivity index (χ1n) is 8.08. The third-order valence-corrected chi connectivity index (χ3v) is 4.62. The molecule has 0 saturated carbocycles. The van der Waals surface area contributed by atoms with Gasteiger partial charge in [0.25, 0.3) is 0 Å². The van der Waals surface area contributed by atoms with Crippen LogP contribution in [0.25, 0.3) is 11.3 Å². The molecule has 126 valence electrons. The number of hydrogen-bond acceptors (Lipinski definition) is 3. The SMILES string of the molecule is O=C(CCc1ccccc1Br)NCc1ccc(-c2cccnc2)nc1. The molecular formula is C20H18BrN3O. The Morgan fingerprint density at radius 1 is 1.04 bits per heavy atom. The lowest BCUT2D eigenvalue weighted by molar-refractivity contribution is -0.121. The molecular weight excluding hydrogens is 378 g/mol. The summed E-state index contributed by atoms with van der Waals surface area (Å²) in [6, 6.07) is 15.7. The number of amides is 1. The van der Waals surface area contributed by atoms with E-state index in [2.05, 4.69) is 31.2 Å². The van der Waals surface area contributed by atoms with Gasteiger partial charge in [0.05, 0.1) is 5.69 Å². The van der Waals surface area contributed by atoms with Gasteiger partial charge in [-0.15, -0.1) is 0 Å². The number of pyridine rings is 2. The molecule has 0 saturated heterocycles. The summed E-state index contributed by atoms with van der Waals surface area (Å²) < 4.78 is 1.04. The Morgan fingerprint density at radius 2 is 1.92 bits per heavy atom. The summed E-state index contributed by atoms with van der Waals surface area (Å²) >= 11 is 3.50. The van der Waals surface area contributed by atoms with Gasteiger partial charge in [0.1, 0.15) is 0 Å². The van der Waals surface area contributed by atoms with Gasteiger partial charge in [0.15, 0.2) is 0 Å². The molecule has 2 heterocycles. The van der Waals surface area contributed by atoms with Gasteiger partial charge in [-0.1, -0.05) is 40.2 Å². The standard InChI is InChI=1S/C20H18BrN3O/c21-18-6-2-1-4-16(18)8-10-20(25)24-13-15-7-9-19(23-12-15)17-5-3-11-22-14-17/h1-7,9,11-12,14H,8,10,13H2,(H,24,25).